The van der Waals surface area contributed by atoms with E-state index in [-0.39, 0.29) is 6.04 Å². The van der Waals surface area contributed by atoms with Crippen molar-refractivity contribution in [3.63, 3.8) is 0 Å². The molecule has 18 heavy (non-hydrogen) atoms. The first-order chi connectivity index (χ1) is 8.72. The summed E-state index contributed by atoms with van der Waals surface area (Å²) in [6.07, 6.45) is 4.53. The van der Waals surface area contributed by atoms with Crippen LogP contribution in [0.2, 0.25) is 0 Å². The summed E-state index contributed by atoms with van der Waals surface area (Å²) >= 11 is 0. The number of ether oxygens (including phenoxy) is 1. The second-order valence-electron chi connectivity index (χ2n) is 4.87. The van der Waals surface area contributed by atoms with Gasteiger partial charge in [-0.1, -0.05) is 52.2 Å². The fourth-order valence-corrected chi connectivity index (χ4v) is 2.19. The molecule has 1 unspecified atom stereocenters. The third-order valence-electron chi connectivity index (χ3n) is 3.59. The number of rotatable bonds is 8. The molecule has 0 spiro atoms. The van der Waals surface area contributed by atoms with Crippen LogP contribution in [0, 0.1) is 5.92 Å². The second-order valence-corrected chi connectivity index (χ2v) is 4.87. The molecule has 1 aromatic rings. The predicted molar refractivity (Wildman–Crippen MR) is 77.8 cm³/mol. The molecular formula is C16H27NO. The number of nitrogens with two attached hydrogens (primary N) is 1. The molecule has 2 nitrogen and oxygen atoms in total. The summed E-state index contributed by atoms with van der Waals surface area (Å²) in [5.41, 5.74) is 7.51. The fraction of sp³-hybridized carbons (Fsp3) is 0.625. The normalized spacial score (nSPS) is 12.7. The first-order valence-corrected chi connectivity index (χ1v) is 7.21. The minimum atomic E-state index is 0.143. The molecule has 0 amide bonds. The van der Waals surface area contributed by atoms with Crippen molar-refractivity contribution in [2.45, 2.75) is 52.5 Å². The lowest BCUT2D eigenvalue weighted by molar-refractivity contribution is 0.309. The molecule has 0 aromatic heterocycles. The van der Waals surface area contributed by atoms with Gasteiger partial charge < -0.3 is 10.5 Å². The van der Waals surface area contributed by atoms with Crippen LogP contribution in [0.3, 0.4) is 0 Å². The minimum Gasteiger partial charge on any atom is -0.494 e. The van der Waals surface area contributed by atoms with Crippen molar-refractivity contribution in [1.82, 2.24) is 0 Å². The molecule has 0 radical (unpaired) electrons. The monoisotopic (exact) mass is 249 g/mol. The van der Waals surface area contributed by atoms with Gasteiger partial charge >= 0.3 is 0 Å². The van der Waals surface area contributed by atoms with Crippen molar-refractivity contribution in [3.05, 3.63) is 29.8 Å². The van der Waals surface area contributed by atoms with E-state index in [1.807, 2.05) is 12.1 Å². The van der Waals surface area contributed by atoms with E-state index in [0.29, 0.717) is 5.92 Å². The minimum absolute atomic E-state index is 0.143. The Bertz CT molecular complexity index is 316. The van der Waals surface area contributed by atoms with Gasteiger partial charge in [-0.3, -0.25) is 0 Å². The lowest BCUT2D eigenvalue weighted by Gasteiger charge is -2.21. The van der Waals surface area contributed by atoms with Gasteiger partial charge in [0.1, 0.15) is 5.75 Å². The summed E-state index contributed by atoms with van der Waals surface area (Å²) in [7, 11) is 0. The van der Waals surface area contributed by atoms with E-state index < -0.39 is 0 Å². The van der Waals surface area contributed by atoms with Gasteiger partial charge in [-0.15, -0.1) is 0 Å². The number of hydrogen-bond donors (Lipinski definition) is 1. The molecule has 0 heterocycles. The van der Waals surface area contributed by atoms with Crippen molar-refractivity contribution >= 4 is 0 Å². The molecule has 0 fully saturated rings. The Hall–Kier alpha value is -1.02. The van der Waals surface area contributed by atoms with E-state index in [1.165, 1.54) is 5.56 Å². The van der Waals surface area contributed by atoms with Crippen molar-refractivity contribution in [3.8, 4) is 5.75 Å². The number of benzene rings is 1. The molecule has 0 bridgehead atoms. The van der Waals surface area contributed by atoms with Crippen LogP contribution < -0.4 is 10.5 Å². The molecule has 0 saturated carbocycles. The maximum Gasteiger partial charge on any atom is 0.119 e. The Kier molecular flexibility index (Phi) is 6.81. The Labute approximate surface area is 112 Å². The molecule has 0 aliphatic rings. The van der Waals surface area contributed by atoms with Gasteiger partial charge in [0.25, 0.3) is 0 Å². The first-order valence-electron chi connectivity index (χ1n) is 7.21. The first kappa shape index (κ1) is 15.0. The molecule has 102 valence electrons. The maximum absolute atomic E-state index is 6.29. The van der Waals surface area contributed by atoms with E-state index in [2.05, 4.69) is 32.9 Å². The van der Waals surface area contributed by atoms with E-state index >= 15 is 0 Å². The molecular weight excluding hydrogens is 222 g/mol. The summed E-state index contributed by atoms with van der Waals surface area (Å²) in [4.78, 5) is 0. The maximum atomic E-state index is 6.29. The highest BCUT2D eigenvalue weighted by atomic mass is 16.5. The number of unbranched alkanes of at least 4 members (excludes halogenated alkanes) is 1. The summed E-state index contributed by atoms with van der Waals surface area (Å²) in [5, 5.41) is 0. The van der Waals surface area contributed by atoms with Crippen LogP contribution in [0.4, 0.5) is 0 Å². The van der Waals surface area contributed by atoms with E-state index in [0.717, 1.165) is 38.0 Å². The third-order valence-corrected chi connectivity index (χ3v) is 3.59. The molecule has 0 saturated heterocycles. The van der Waals surface area contributed by atoms with Gasteiger partial charge in [0, 0.05) is 6.04 Å². The second kappa shape index (κ2) is 8.15. The highest BCUT2D eigenvalue weighted by molar-refractivity contribution is 5.29. The van der Waals surface area contributed by atoms with Crippen molar-refractivity contribution in [2.75, 3.05) is 6.61 Å². The molecule has 1 atom stereocenters. The third kappa shape index (κ3) is 4.34. The topological polar surface area (TPSA) is 35.2 Å². The zero-order chi connectivity index (χ0) is 13.4. The van der Waals surface area contributed by atoms with Crippen LogP contribution in [0.1, 0.15) is 58.1 Å². The van der Waals surface area contributed by atoms with Crippen LogP contribution in [-0.2, 0) is 0 Å². The Morgan fingerprint density at radius 3 is 2.17 bits per heavy atom. The molecule has 2 heteroatoms. The van der Waals surface area contributed by atoms with Gasteiger partial charge in [0.05, 0.1) is 6.61 Å². The van der Waals surface area contributed by atoms with Crippen LogP contribution in [0.15, 0.2) is 24.3 Å². The molecule has 1 rings (SSSR count). The van der Waals surface area contributed by atoms with Gasteiger partial charge in [-0.25, -0.2) is 0 Å². The van der Waals surface area contributed by atoms with Crippen molar-refractivity contribution in [1.29, 1.82) is 0 Å². The predicted octanol–water partition coefficient (Wildman–Crippen LogP) is 4.30. The lowest BCUT2D eigenvalue weighted by Crippen LogP contribution is -2.20. The standard InChI is InChI=1S/C16H27NO/c1-4-7-12-18-15-10-8-14(9-11-15)16(17)13(5-2)6-3/h8-11,13,16H,4-7,12,17H2,1-3H3. The highest BCUT2D eigenvalue weighted by Crippen LogP contribution is 2.26. The SMILES string of the molecule is CCCCOc1ccc(C(N)C(CC)CC)cc1. The van der Waals surface area contributed by atoms with Gasteiger partial charge in [-0.2, -0.15) is 0 Å². The zero-order valence-electron chi connectivity index (χ0n) is 12.0. The van der Waals surface area contributed by atoms with Crippen LogP contribution >= 0.6 is 0 Å². The molecule has 0 aliphatic carbocycles. The summed E-state index contributed by atoms with van der Waals surface area (Å²) in [6.45, 7) is 7.38. The largest absolute Gasteiger partial charge is 0.494 e. The van der Waals surface area contributed by atoms with Crippen molar-refractivity contribution < 1.29 is 4.74 Å². The van der Waals surface area contributed by atoms with Crippen molar-refractivity contribution in [2.24, 2.45) is 11.7 Å². The highest BCUT2D eigenvalue weighted by Gasteiger charge is 2.15. The lowest BCUT2D eigenvalue weighted by atomic mass is 9.90. The quantitative estimate of drug-likeness (QED) is 0.697. The zero-order valence-corrected chi connectivity index (χ0v) is 12.0. The van der Waals surface area contributed by atoms with E-state index in [4.69, 9.17) is 10.5 Å². The summed E-state index contributed by atoms with van der Waals surface area (Å²) in [5.74, 6) is 1.51. The van der Waals surface area contributed by atoms with E-state index in [1.54, 1.807) is 0 Å². The smallest absolute Gasteiger partial charge is 0.119 e. The van der Waals surface area contributed by atoms with Crippen LogP contribution in [0.5, 0.6) is 5.75 Å². The Balaban J connectivity index is 2.58. The molecule has 2 N–H and O–H groups in total. The fourth-order valence-electron chi connectivity index (χ4n) is 2.19. The van der Waals surface area contributed by atoms with E-state index in [9.17, 15) is 0 Å². The van der Waals surface area contributed by atoms with Gasteiger partial charge in [0.2, 0.25) is 0 Å². The number of hydrogen-bond acceptors (Lipinski definition) is 2. The van der Waals surface area contributed by atoms with Crippen LogP contribution in [0.25, 0.3) is 0 Å². The Morgan fingerprint density at radius 2 is 1.67 bits per heavy atom. The average molecular weight is 249 g/mol. The summed E-state index contributed by atoms with van der Waals surface area (Å²) in [6, 6.07) is 8.42. The average Bonchev–Trinajstić information content (AvgIpc) is 2.41. The Morgan fingerprint density at radius 1 is 1.06 bits per heavy atom. The summed E-state index contributed by atoms with van der Waals surface area (Å²) < 4.78 is 5.65. The van der Waals surface area contributed by atoms with Gasteiger partial charge in [0.15, 0.2) is 0 Å². The molecule has 0 aliphatic heterocycles. The van der Waals surface area contributed by atoms with Gasteiger partial charge in [-0.05, 0) is 30.0 Å². The molecule has 1 aromatic carbocycles. The van der Waals surface area contributed by atoms with Crippen LogP contribution in [-0.4, -0.2) is 6.61 Å².